The highest BCUT2D eigenvalue weighted by Crippen LogP contribution is 2.28. The summed E-state index contributed by atoms with van der Waals surface area (Å²) in [5, 5.41) is 11.7. The summed E-state index contributed by atoms with van der Waals surface area (Å²) in [6, 6.07) is 7.90. The molecule has 0 aliphatic carbocycles. The number of amidine groups is 1. The van der Waals surface area contributed by atoms with Crippen molar-refractivity contribution in [1.82, 2.24) is 0 Å². The van der Waals surface area contributed by atoms with Gasteiger partial charge < -0.3 is 15.7 Å². The van der Waals surface area contributed by atoms with Gasteiger partial charge in [0.15, 0.2) is 0 Å². The lowest BCUT2D eigenvalue weighted by atomic mass is 9.88. The van der Waals surface area contributed by atoms with Crippen LogP contribution in [-0.2, 0) is 0 Å². The molecule has 0 aliphatic heterocycles. The van der Waals surface area contributed by atoms with Crippen LogP contribution in [0.3, 0.4) is 0 Å². The topological polar surface area (TPSA) is 67.8 Å². The summed E-state index contributed by atoms with van der Waals surface area (Å²) in [5.41, 5.74) is 5.25. The van der Waals surface area contributed by atoms with Crippen LogP contribution in [0, 0.1) is 5.41 Å². The average Bonchev–Trinajstić information content (AvgIpc) is 2.38. The molecular formula is C13H20N2O2S. The van der Waals surface area contributed by atoms with Crippen molar-refractivity contribution in [3.8, 4) is 5.75 Å². The van der Waals surface area contributed by atoms with E-state index in [0.717, 1.165) is 10.6 Å². The zero-order chi connectivity index (χ0) is 13.6. The zero-order valence-corrected chi connectivity index (χ0v) is 11.8. The molecule has 4 nitrogen and oxygen atoms in total. The first-order valence-electron chi connectivity index (χ1n) is 5.75. The monoisotopic (exact) mass is 268 g/mol. The van der Waals surface area contributed by atoms with Crippen molar-refractivity contribution >= 4 is 17.6 Å². The molecule has 0 saturated heterocycles. The average molecular weight is 268 g/mol. The predicted molar refractivity (Wildman–Crippen MR) is 75.5 cm³/mol. The van der Waals surface area contributed by atoms with Gasteiger partial charge in [0.1, 0.15) is 11.6 Å². The first-order valence-corrected chi connectivity index (χ1v) is 6.97. The molecule has 0 bridgehead atoms. The number of hydrogen-bond acceptors (Lipinski definition) is 4. The molecule has 0 saturated carbocycles. The maximum absolute atomic E-state index is 8.69. The van der Waals surface area contributed by atoms with Crippen molar-refractivity contribution in [1.29, 1.82) is 0 Å². The van der Waals surface area contributed by atoms with Gasteiger partial charge in [0.25, 0.3) is 0 Å². The standard InChI is InChI=1S/C13H20N2O2S/c1-13(2,12(14)15-16)8-9-17-10-6-4-5-7-11(10)18-3/h4-7,16H,8-9H2,1-3H3,(H2,14,15). The Morgan fingerprint density at radius 1 is 1.44 bits per heavy atom. The van der Waals surface area contributed by atoms with E-state index in [1.807, 2.05) is 44.4 Å². The van der Waals surface area contributed by atoms with Crippen molar-refractivity contribution in [3.05, 3.63) is 24.3 Å². The van der Waals surface area contributed by atoms with Crippen LogP contribution in [0.5, 0.6) is 5.75 Å². The Hall–Kier alpha value is -1.36. The van der Waals surface area contributed by atoms with Crippen LogP contribution < -0.4 is 10.5 Å². The fraction of sp³-hybridized carbons (Fsp3) is 0.462. The van der Waals surface area contributed by atoms with E-state index in [4.69, 9.17) is 15.7 Å². The third-order valence-corrected chi connectivity index (χ3v) is 3.63. The lowest BCUT2D eigenvalue weighted by Crippen LogP contribution is -2.33. The Balaban J connectivity index is 2.56. The SMILES string of the molecule is CSc1ccccc1OCCC(C)(C)C(N)=NO. The minimum absolute atomic E-state index is 0.226. The molecule has 0 atom stereocenters. The van der Waals surface area contributed by atoms with Crippen LogP contribution in [0.25, 0.3) is 0 Å². The lowest BCUT2D eigenvalue weighted by molar-refractivity contribution is 0.255. The number of oxime groups is 1. The summed E-state index contributed by atoms with van der Waals surface area (Å²) in [7, 11) is 0. The molecule has 0 heterocycles. The summed E-state index contributed by atoms with van der Waals surface area (Å²) in [6.45, 7) is 4.37. The second-order valence-corrected chi connectivity index (χ2v) is 5.47. The Kier molecular flexibility index (Phi) is 5.34. The molecular weight excluding hydrogens is 248 g/mol. The van der Waals surface area contributed by atoms with Crippen LogP contribution >= 0.6 is 11.8 Å². The molecule has 1 aromatic carbocycles. The normalized spacial score (nSPS) is 12.5. The van der Waals surface area contributed by atoms with E-state index in [-0.39, 0.29) is 11.3 Å². The maximum atomic E-state index is 8.69. The maximum Gasteiger partial charge on any atom is 0.144 e. The molecule has 5 heteroatoms. The second-order valence-electron chi connectivity index (χ2n) is 4.62. The molecule has 0 aliphatic rings. The van der Waals surface area contributed by atoms with E-state index in [1.54, 1.807) is 11.8 Å². The third kappa shape index (κ3) is 3.84. The van der Waals surface area contributed by atoms with Crippen LogP contribution in [0.1, 0.15) is 20.3 Å². The molecule has 0 amide bonds. The number of thioether (sulfide) groups is 1. The smallest absolute Gasteiger partial charge is 0.144 e. The minimum atomic E-state index is -0.372. The number of ether oxygens (including phenoxy) is 1. The van der Waals surface area contributed by atoms with Gasteiger partial charge >= 0.3 is 0 Å². The van der Waals surface area contributed by atoms with E-state index >= 15 is 0 Å². The lowest BCUT2D eigenvalue weighted by Gasteiger charge is -2.22. The third-order valence-electron chi connectivity index (χ3n) is 2.85. The Morgan fingerprint density at radius 2 is 2.11 bits per heavy atom. The first kappa shape index (κ1) is 14.7. The summed E-state index contributed by atoms with van der Waals surface area (Å²) >= 11 is 1.65. The fourth-order valence-electron chi connectivity index (χ4n) is 1.42. The van der Waals surface area contributed by atoms with Gasteiger partial charge in [-0.15, -0.1) is 11.8 Å². The Morgan fingerprint density at radius 3 is 2.72 bits per heavy atom. The van der Waals surface area contributed by atoms with Gasteiger partial charge in [0.2, 0.25) is 0 Å². The van der Waals surface area contributed by atoms with Crippen molar-refractivity contribution in [2.45, 2.75) is 25.2 Å². The van der Waals surface area contributed by atoms with Crippen molar-refractivity contribution in [2.75, 3.05) is 12.9 Å². The van der Waals surface area contributed by atoms with Gasteiger partial charge in [-0.3, -0.25) is 0 Å². The van der Waals surface area contributed by atoms with Gasteiger partial charge in [-0.1, -0.05) is 31.1 Å². The van der Waals surface area contributed by atoms with E-state index < -0.39 is 0 Å². The van der Waals surface area contributed by atoms with Crippen LogP contribution in [0.2, 0.25) is 0 Å². The molecule has 1 aromatic rings. The predicted octanol–water partition coefficient (Wildman–Crippen LogP) is 2.95. The molecule has 0 radical (unpaired) electrons. The van der Waals surface area contributed by atoms with Gasteiger partial charge in [-0.25, -0.2) is 0 Å². The van der Waals surface area contributed by atoms with Gasteiger partial charge in [0, 0.05) is 10.3 Å². The molecule has 3 N–H and O–H groups in total. The number of hydrogen-bond donors (Lipinski definition) is 2. The van der Waals surface area contributed by atoms with Crippen LogP contribution in [-0.4, -0.2) is 23.9 Å². The number of benzene rings is 1. The summed E-state index contributed by atoms with van der Waals surface area (Å²) < 4.78 is 5.75. The molecule has 18 heavy (non-hydrogen) atoms. The van der Waals surface area contributed by atoms with Crippen molar-refractivity contribution in [3.63, 3.8) is 0 Å². The largest absolute Gasteiger partial charge is 0.492 e. The van der Waals surface area contributed by atoms with Gasteiger partial charge in [-0.05, 0) is 24.8 Å². The molecule has 0 unspecified atom stereocenters. The van der Waals surface area contributed by atoms with Crippen LogP contribution in [0.4, 0.5) is 0 Å². The number of nitrogens with zero attached hydrogens (tertiary/aromatic N) is 1. The zero-order valence-electron chi connectivity index (χ0n) is 11.0. The number of para-hydroxylation sites is 1. The molecule has 0 fully saturated rings. The Bertz CT molecular complexity index is 419. The second kappa shape index (κ2) is 6.54. The highest BCUT2D eigenvalue weighted by atomic mass is 32.2. The molecule has 0 spiro atoms. The minimum Gasteiger partial charge on any atom is -0.492 e. The molecule has 0 aromatic heterocycles. The summed E-state index contributed by atoms with van der Waals surface area (Å²) in [6.07, 6.45) is 2.70. The van der Waals surface area contributed by atoms with E-state index in [9.17, 15) is 0 Å². The Labute approximate surface area is 112 Å². The highest BCUT2D eigenvalue weighted by molar-refractivity contribution is 7.98. The van der Waals surface area contributed by atoms with Gasteiger partial charge in [-0.2, -0.15) is 0 Å². The molecule has 100 valence electrons. The van der Waals surface area contributed by atoms with Crippen molar-refractivity contribution < 1.29 is 9.94 Å². The number of nitrogens with two attached hydrogens (primary N) is 1. The molecule has 1 rings (SSSR count). The van der Waals surface area contributed by atoms with E-state index in [0.29, 0.717) is 13.0 Å². The fourth-order valence-corrected chi connectivity index (χ4v) is 1.96. The van der Waals surface area contributed by atoms with Crippen molar-refractivity contribution in [2.24, 2.45) is 16.3 Å². The van der Waals surface area contributed by atoms with E-state index in [2.05, 4.69) is 5.16 Å². The number of rotatable bonds is 6. The summed E-state index contributed by atoms with van der Waals surface area (Å²) in [4.78, 5) is 1.11. The van der Waals surface area contributed by atoms with Gasteiger partial charge in [0.05, 0.1) is 6.61 Å². The van der Waals surface area contributed by atoms with E-state index in [1.165, 1.54) is 0 Å². The quantitative estimate of drug-likeness (QED) is 0.274. The van der Waals surface area contributed by atoms with Crippen LogP contribution in [0.15, 0.2) is 34.3 Å². The first-order chi connectivity index (χ1) is 8.51. The summed E-state index contributed by atoms with van der Waals surface area (Å²) in [5.74, 6) is 1.10. The highest BCUT2D eigenvalue weighted by Gasteiger charge is 2.23.